The molecular formula is C26H23F3N4O5. The highest BCUT2D eigenvalue weighted by molar-refractivity contribution is 5.94. The van der Waals surface area contributed by atoms with Crippen LogP contribution in [0.3, 0.4) is 0 Å². The van der Waals surface area contributed by atoms with Crippen LogP contribution < -0.4 is 21.5 Å². The van der Waals surface area contributed by atoms with Gasteiger partial charge in [0.25, 0.3) is 5.56 Å². The van der Waals surface area contributed by atoms with Crippen molar-refractivity contribution in [1.29, 1.82) is 0 Å². The highest BCUT2D eigenvalue weighted by atomic mass is 19.4. The Morgan fingerprint density at radius 2 is 1.79 bits per heavy atom. The maximum absolute atomic E-state index is 13.7. The van der Waals surface area contributed by atoms with Crippen molar-refractivity contribution in [1.82, 2.24) is 14.5 Å². The van der Waals surface area contributed by atoms with Crippen molar-refractivity contribution < 1.29 is 27.5 Å². The first-order valence-corrected chi connectivity index (χ1v) is 12.0. The number of esters is 1. The lowest BCUT2D eigenvalue weighted by Crippen LogP contribution is -2.44. The number of nitrogens with one attached hydrogen (secondary N) is 1. The van der Waals surface area contributed by atoms with Gasteiger partial charge in [0.1, 0.15) is 5.56 Å². The van der Waals surface area contributed by atoms with E-state index in [-0.39, 0.29) is 36.6 Å². The summed E-state index contributed by atoms with van der Waals surface area (Å²) in [6, 6.07) is 8.76. The van der Waals surface area contributed by atoms with Crippen molar-refractivity contribution in [2.24, 2.45) is 0 Å². The Hall–Kier alpha value is -4.35. The molecule has 3 aromatic rings. The van der Waals surface area contributed by atoms with Crippen molar-refractivity contribution >= 4 is 17.7 Å². The Balaban J connectivity index is 1.66. The van der Waals surface area contributed by atoms with Gasteiger partial charge in [0, 0.05) is 25.0 Å². The zero-order valence-corrected chi connectivity index (χ0v) is 20.2. The molecule has 1 saturated heterocycles. The van der Waals surface area contributed by atoms with Gasteiger partial charge in [-0.15, -0.1) is 0 Å². The number of aromatic nitrogens is 2. The predicted molar refractivity (Wildman–Crippen MR) is 131 cm³/mol. The molecular weight excluding hydrogens is 505 g/mol. The monoisotopic (exact) mass is 528 g/mol. The number of amides is 2. The third-order valence-electron chi connectivity index (χ3n) is 6.77. The first-order valence-electron chi connectivity index (χ1n) is 12.0. The van der Waals surface area contributed by atoms with E-state index in [2.05, 4.69) is 5.32 Å². The zero-order chi connectivity index (χ0) is 27.2. The molecule has 2 aliphatic rings. The Kier molecular flexibility index (Phi) is 6.33. The Morgan fingerprint density at radius 3 is 2.42 bits per heavy atom. The number of urea groups is 1. The van der Waals surface area contributed by atoms with E-state index in [1.54, 1.807) is 31.2 Å². The number of carbonyl (C=O) groups excluding carboxylic acids is 2. The van der Waals surface area contributed by atoms with Crippen LogP contribution in [0.4, 0.5) is 23.7 Å². The smallest absolute Gasteiger partial charge is 0.416 e. The van der Waals surface area contributed by atoms with Crippen LogP contribution in [-0.4, -0.2) is 40.8 Å². The molecule has 0 unspecified atom stereocenters. The van der Waals surface area contributed by atoms with Crippen molar-refractivity contribution in [3.63, 3.8) is 0 Å². The van der Waals surface area contributed by atoms with Crippen molar-refractivity contribution in [3.05, 3.63) is 91.8 Å². The highest BCUT2D eigenvalue weighted by Crippen LogP contribution is 2.41. The molecule has 12 heteroatoms. The Bertz CT molecular complexity index is 1540. The molecule has 1 N–H and O–H groups in total. The van der Waals surface area contributed by atoms with Crippen LogP contribution in [0.5, 0.6) is 0 Å². The van der Waals surface area contributed by atoms with E-state index in [1.165, 1.54) is 17.0 Å². The number of hydrogen-bond acceptors (Lipinski definition) is 5. The van der Waals surface area contributed by atoms with Crippen LogP contribution in [0, 0.1) is 0 Å². The number of anilines is 1. The number of ether oxygens (including phenoxy) is 1. The average molecular weight is 528 g/mol. The number of carbonyl (C=O) groups is 2. The lowest BCUT2D eigenvalue weighted by molar-refractivity contribution is -0.138. The Labute approximate surface area is 214 Å². The van der Waals surface area contributed by atoms with Crippen molar-refractivity contribution in [2.75, 3.05) is 24.6 Å². The number of benzene rings is 2. The molecule has 1 fully saturated rings. The fraction of sp³-hybridized carbons (Fsp3) is 0.308. The molecule has 2 amide bonds. The van der Waals surface area contributed by atoms with Gasteiger partial charge in [-0.05, 0) is 61.2 Å². The zero-order valence-electron chi connectivity index (χ0n) is 20.2. The molecule has 0 spiro atoms. The van der Waals surface area contributed by atoms with E-state index in [1.807, 2.05) is 0 Å². The van der Waals surface area contributed by atoms with Gasteiger partial charge in [-0.25, -0.2) is 14.4 Å². The lowest BCUT2D eigenvalue weighted by atomic mass is 10.0. The fourth-order valence-corrected chi connectivity index (χ4v) is 5.06. The van der Waals surface area contributed by atoms with E-state index < -0.39 is 40.6 Å². The van der Waals surface area contributed by atoms with E-state index in [9.17, 15) is 32.3 Å². The maximum Gasteiger partial charge on any atom is 0.416 e. The molecule has 2 aromatic carbocycles. The Morgan fingerprint density at radius 1 is 1.08 bits per heavy atom. The maximum atomic E-state index is 13.7. The van der Waals surface area contributed by atoms with Crippen LogP contribution in [0.2, 0.25) is 0 Å². The molecule has 2 heterocycles. The van der Waals surface area contributed by atoms with Crippen molar-refractivity contribution in [3.8, 4) is 5.69 Å². The minimum absolute atomic E-state index is 0.0117. The van der Waals surface area contributed by atoms with Gasteiger partial charge < -0.3 is 10.1 Å². The number of halogens is 3. The topological polar surface area (TPSA) is 103 Å². The van der Waals surface area contributed by atoms with Crippen LogP contribution in [0.15, 0.2) is 58.3 Å². The highest BCUT2D eigenvalue weighted by Gasteiger charge is 2.38. The van der Waals surface area contributed by atoms with Gasteiger partial charge in [0.2, 0.25) is 0 Å². The fourth-order valence-electron chi connectivity index (χ4n) is 5.06. The minimum atomic E-state index is -4.59. The third-order valence-corrected chi connectivity index (χ3v) is 6.77. The van der Waals surface area contributed by atoms with Gasteiger partial charge in [-0.1, -0.05) is 12.1 Å². The number of alkyl halides is 3. The molecule has 1 aliphatic heterocycles. The second-order valence-corrected chi connectivity index (χ2v) is 8.92. The summed E-state index contributed by atoms with van der Waals surface area (Å²) in [5.41, 5.74) is -1.88. The molecule has 5 rings (SSSR count). The minimum Gasteiger partial charge on any atom is -0.462 e. The van der Waals surface area contributed by atoms with E-state index in [4.69, 9.17) is 4.74 Å². The molecule has 38 heavy (non-hydrogen) atoms. The van der Waals surface area contributed by atoms with Crippen LogP contribution in [-0.2, 0) is 17.3 Å². The predicted octanol–water partition coefficient (Wildman–Crippen LogP) is 3.26. The summed E-state index contributed by atoms with van der Waals surface area (Å²) < 4.78 is 47.8. The summed E-state index contributed by atoms with van der Waals surface area (Å²) in [7, 11) is 0. The van der Waals surface area contributed by atoms with E-state index >= 15 is 0 Å². The van der Waals surface area contributed by atoms with Crippen LogP contribution in [0.25, 0.3) is 5.69 Å². The number of rotatable bonds is 5. The summed E-state index contributed by atoms with van der Waals surface area (Å²) >= 11 is 0. The molecule has 1 atom stereocenters. The van der Waals surface area contributed by atoms with Gasteiger partial charge in [0.15, 0.2) is 0 Å². The van der Waals surface area contributed by atoms with E-state index in [0.717, 1.165) is 21.4 Å². The van der Waals surface area contributed by atoms with Crippen LogP contribution in [0.1, 0.15) is 46.4 Å². The van der Waals surface area contributed by atoms with Gasteiger partial charge >= 0.3 is 23.9 Å². The standard InChI is InChI=1S/C26H23F3N4O5/c1-2-38-23(35)19-14-32(16-8-6-15(7-9-16)31-13-12-30-24(31)36)25(37)33(22(19)34)21-11-10-17-18(21)4-3-5-20(17)26(27,28)29/h3-9,14,21H,2,10-13H2,1H3,(H,30,36)/t21-/m1/s1. The number of fused-ring (bicyclic) bond motifs is 1. The largest absolute Gasteiger partial charge is 0.462 e. The molecule has 1 aliphatic carbocycles. The number of hydrogen-bond donors (Lipinski definition) is 1. The second kappa shape index (κ2) is 9.51. The second-order valence-electron chi connectivity index (χ2n) is 8.92. The van der Waals surface area contributed by atoms with Crippen LogP contribution >= 0.6 is 0 Å². The number of nitrogens with zero attached hydrogens (tertiary/aromatic N) is 3. The summed E-state index contributed by atoms with van der Waals surface area (Å²) in [6.45, 7) is 2.50. The molecule has 0 radical (unpaired) electrons. The average Bonchev–Trinajstić information content (AvgIpc) is 3.50. The van der Waals surface area contributed by atoms with E-state index in [0.29, 0.717) is 24.5 Å². The lowest BCUT2D eigenvalue weighted by Gasteiger charge is -2.19. The normalized spacial score (nSPS) is 16.9. The van der Waals surface area contributed by atoms with Crippen molar-refractivity contribution in [2.45, 2.75) is 32.0 Å². The summed E-state index contributed by atoms with van der Waals surface area (Å²) in [6.07, 6.45) is -3.42. The van der Waals surface area contributed by atoms with Gasteiger partial charge in [-0.2, -0.15) is 13.2 Å². The molecule has 1 aromatic heterocycles. The molecule has 0 bridgehead atoms. The van der Waals surface area contributed by atoms with Gasteiger partial charge in [0.05, 0.1) is 23.9 Å². The third kappa shape index (κ3) is 4.25. The molecule has 0 saturated carbocycles. The first-order chi connectivity index (χ1) is 18.1. The summed E-state index contributed by atoms with van der Waals surface area (Å²) in [5.74, 6) is -0.951. The molecule has 9 nitrogen and oxygen atoms in total. The first kappa shape index (κ1) is 25.3. The summed E-state index contributed by atoms with van der Waals surface area (Å²) in [4.78, 5) is 53.3. The van der Waals surface area contributed by atoms with Gasteiger partial charge in [-0.3, -0.25) is 18.8 Å². The molecule has 198 valence electrons. The SMILES string of the molecule is CCOC(=O)c1cn(-c2ccc(N3CCNC3=O)cc2)c(=O)n([C@@H]2CCc3c2cccc3C(F)(F)F)c1=O. The quantitative estimate of drug-likeness (QED) is 0.513. The summed E-state index contributed by atoms with van der Waals surface area (Å²) in [5, 5.41) is 2.69.